The number of aliphatic hydroxyl groups excluding tert-OH is 2. The first-order valence-electron chi connectivity index (χ1n) is 32.6. The number of methoxy groups -OCH3 is 4. The molecule has 2 saturated heterocycles. The molecule has 0 aliphatic carbocycles. The number of nitrogens with one attached hydrogen (secondary N) is 2. The van der Waals surface area contributed by atoms with Gasteiger partial charge in [0.15, 0.2) is 16.6 Å². The molecule has 0 spiro atoms. The average Bonchev–Trinajstić information content (AvgIpc) is 1.69. The van der Waals surface area contributed by atoms with E-state index in [0.29, 0.717) is 33.7 Å². The molecule has 0 bridgehead atoms. The van der Waals surface area contributed by atoms with Crippen LogP contribution in [-0.4, -0.2) is 145 Å². The first-order chi connectivity index (χ1) is 46.8. The molecule has 516 valence electrons. The van der Waals surface area contributed by atoms with Gasteiger partial charge in [-0.1, -0.05) is 151 Å². The second-order valence-corrected chi connectivity index (χ2v) is 37.1. The van der Waals surface area contributed by atoms with Gasteiger partial charge in [0, 0.05) is 11.1 Å². The zero-order valence-electron chi connectivity index (χ0n) is 57.8. The van der Waals surface area contributed by atoms with E-state index in [1.807, 2.05) is 158 Å². The van der Waals surface area contributed by atoms with Gasteiger partial charge in [0.05, 0.1) is 77.5 Å². The molecule has 2 aliphatic heterocycles. The van der Waals surface area contributed by atoms with E-state index in [4.69, 9.17) is 46.7 Å². The minimum absolute atomic E-state index is 0.0000270. The molecule has 4 aromatic heterocycles. The molecule has 6 aromatic carbocycles. The molecule has 98 heavy (non-hydrogen) atoms. The SMILES string of the molecule is COc1ccc(C(OC[C@H]2O[C@@H](c3cnn4c(=O)[nH]ncc34)[C@H](O)[C@@H]2O[Si](C)(C)C(C)(C)C)(c2ccccc2)c2ccc(OC)cc2)cc1.COc1ccc(C(OC[C@H]2O[C@@H](c3cnn4c(=O)[nH]ncc34)[C@H](O[Si](C)(C)C(C)(C)C)[C@@H]2O)(c2ccccc2)c2ccc(OC)cc2)cc1. The zero-order chi connectivity index (χ0) is 70.0. The molecule has 0 amide bonds. The largest absolute Gasteiger partial charge is 0.497 e. The molecular weight excluding hydrogens is 1280 g/mol. The highest BCUT2D eigenvalue weighted by Crippen LogP contribution is 2.49. The van der Waals surface area contributed by atoms with Crippen LogP contribution >= 0.6 is 0 Å². The number of rotatable bonds is 22. The fourth-order valence-electron chi connectivity index (χ4n) is 12.3. The number of hydrogen-bond donors (Lipinski definition) is 4. The number of aromatic amines is 2. The van der Waals surface area contributed by atoms with E-state index >= 15 is 0 Å². The van der Waals surface area contributed by atoms with Gasteiger partial charge in [0.25, 0.3) is 0 Å². The normalized spacial score (nSPS) is 20.1. The zero-order valence-corrected chi connectivity index (χ0v) is 59.8. The smallest absolute Gasteiger partial charge is 0.363 e. The van der Waals surface area contributed by atoms with Gasteiger partial charge in [0.1, 0.15) is 83.0 Å². The summed E-state index contributed by atoms with van der Waals surface area (Å²) in [5, 5.41) is 45.1. The fraction of sp³-hybridized carbons (Fsp3) is 0.378. The van der Waals surface area contributed by atoms with Crippen molar-refractivity contribution in [1.82, 2.24) is 39.6 Å². The van der Waals surface area contributed by atoms with Crippen LogP contribution in [0.2, 0.25) is 36.3 Å². The predicted octanol–water partition coefficient (Wildman–Crippen LogP) is 11.3. The first-order valence-corrected chi connectivity index (χ1v) is 38.4. The monoisotopic (exact) mass is 1370 g/mol. The van der Waals surface area contributed by atoms with Crippen molar-refractivity contribution in [2.75, 3.05) is 41.7 Å². The van der Waals surface area contributed by atoms with E-state index in [1.54, 1.807) is 34.6 Å². The van der Waals surface area contributed by atoms with E-state index in [-0.39, 0.29) is 23.3 Å². The number of fused-ring (bicyclic) bond motifs is 2. The van der Waals surface area contributed by atoms with Gasteiger partial charge in [-0.05, 0) is 118 Å². The summed E-state index contributed by atoms with van der Waals surface area (Å²) in [6.07, 6.45) is -0.583. The highest BCUT2D eigenvalue weighted by atomic mass is 28.4. The van der Waals surface area contributed by atoms with Crippen LogP contribution in [0.3, 0.4) is 0 Å². The number of hydrogen-bond acceptors (Lipinski definition) is 18. The van der Waals surface area contributed by atoms with E-state index in [1.165, 1.54) is 27.6 Å². The second kappa shape index (κ2) is 28.7. The Hall–Kier alpha value is -8.67. The minimum Gasteiger partial charge on any atom is -0.497 e. The Morgan fingerprint density at radius 2 is 0.765 bits per heavy atom. The lowest BCUT2D eigenvalue weighted by atomic mass is 9.80. The van der Waals surface area contributed by atoms with Crippen molar-refractivity contribution in [3.63, 3.8) is 0 Å². The van der Waals surface area contributed by atoms with Crippen LogP contribution in [0.15, 0.2) is 192 Å². The summed E-state index contributed by atoms with van der Waals surface area (Å²) in [7, 11) is 1.68. The Balaban J connectivity index is 0.000000198. The number of ether oxygens (including phenoxy) is 8. The molecule has 0 saturated carbocycles. The van der Waals surface area contributed by atoms with Crippen LogP contribution in [0.1, 0.15) is 98.3 Å². The number of benzene rings is 6. The predicted molar refractivity (Wildman–Crippen MR) is 375 cm³/mol. The second-order valence-electron chi connectivity index (χ2n) is 27.6. The Morgan fingerprint density at radius 3 is 1.12 bits per heavy atom. The van der Waals surface area contributed by atoms with Gasteiger partial charge >= 0.3 is 11.4 Å². The van der Waals surface area contributed by atoms with Crippen LogP contribution in [-0.2, 0) is 39.0 Å². The van der Waals surface area contributed by atoms with E-state index in [9.17, 15) is 19.8 Å². The third-order valence-corrected chi connectivity index (χ3v) is 28.7. The third-order valence-electron chi connectivity index (χ3n) is 19.8. The van der Waals surface area contributed by atoms with Gasteiger partial charge in [-0.2, -0.15) is 29.4 Å². The lowest BCUT2D eigenvalue weighted by Gasteiger charge is -2.41. The molecular formula is C74H88N8O14Si2. The molecule has 0 radical (unpaired) electrons. The molecule has 2 aliphatic rings. The first kappa shape index (κ1) is 70.6. The average molecular weight is 1370 g/mol. The number of H-pyrrole nitrogens is 2. The number of aromatic nitrogens is 8. The van der Waals surface area contributed by atoms with Crippen LogP contribution in [0.4, 0.5) is 0 Å². The maximum absolute atomic E-state index is 12.5. The molecule has 0 unspecified atom stereocenters. The summed E-state index contributed by atoms with van der Waals surface area (Å²) in [6, 6.07) is 51.2. The standard InChI is InChI=1S/2C37H44N4O7Si/c1-36(2,3)49(6,7)48-34-31(47-33(32(34)42)29-21-39-41-30(29)22-38-40-35(41)43)23-46-37(24-11-9-8-10-12-24,25-13-17-27(44-4)18-14-25)26-15-19-28(45-5)20-16-26;1-36(2,3)49(6,7)48-34-32(42)31(47-33(34)29-21-39-41-30(29)22-38-40-35(41)43)23-46-37(24-11-9-8-10-12-24,25-13-17-27(44-4)18-14-25)26-15-19-28(45-5)20-16-26/h2*8-22,31-34,42H,23H2,1-7H3,(H,40,43)/t31-,32+,33+,34-;31-,32-,33+,34-/m11/s1. The van der Waals surface area contributed by atoms with Crippen molar-refractivity contribution in [3.05, 3.63) is 248 Å². The van der Waals surface area contributed by atoms with Crippen molar-refractivity contribution in [2.24, 2.45) is 0 Å². The van der Waals surface area contributed by atoms with Gasteiger partial charge in [-0.25, -0.2) is 19.8 Å². The summed E-state index contributed by atoms with van der Waals surface area (Å²) >= 11 is 0. The van der Waals surface area contributed by atoms with Gasteiger partial charge in [-0.3, -0.25) is 0 Å². The topological polar surface area (TPSA) is 259 Å². The van der Waals surface area contributed by atoms with Crippen LogP contribution in [0.25, 0.3) is 11.0 Å². The van der Waals surface area contributed by atoms with Crippen molar-refractivity contribution in [2.45, 2.75) is 138 Å². The maximum Gasteiger partial charge on any atom is 0.363 e. The third kappa shape index (κ3) is 13.8. The van der Waals surface area contributed by atoms with Crippen molar-refractivity contribution >= 4 is 27.7 Å². The van der Waals surface area contributed by atoms with Crippen LogP contribution in [0.5, 0.6) is 23.0 Å². The summed E-state index contributed by atoms with van der Waals surface area (Å²) in [4.78, 5) is 24.9. The lowest BCUT2D eigenvalue weighted by Crippen LogP contribution is -2.50. The molecule has 8 atom stereocenters. The van der Waals surface area contributed by atoms with E-state index in [0.717, 1.165) is 44.9 Å². The summed E-state index contributed by atoms with van der Waals surface area (Å²) in [5.74, 6) is 2.86. The van der Waals surface area contributed by atoms with Gasteiger partial charge in [0.2, 0.25) is 0 Å². The summed E-state index contributed by atoms with van der Waals surface area (Å²) < 4.78 is 66.0. The minimum atomic E-state index is -2.43. The van der Waals surface area contributed by atoms with Crippen molar-refractivity contribution in [3.8, 4) is 23.0 Å². The number of aliphatic hydroxyl groups is 2. The van der Waals surface area contributed by atoms with Crippen LogP contribution in [0, 0.1) is 0 Å². The number of nitrogens with zero attached hydrogens (tertiary/aromatic N) is 6. The Kier molecular flexibility index (Phi) is 20.7. The molecule has 6 heterocycles. The van der Waals surface area contributed by atoms with Crippen molar-refractivity contribution in [1.29, 1.82) is 0 Å². The maximum atomic E-state index is 12.5. The molecule has 2 fully saturated rings. The van der Waals surface area contributed by atoms with Gasteiger partial charge < -0.3 is 57.0 Å². The Morgan fingerprint density at radius 1 is 0.439 bits per heavy atom. The Bertz CT molecular complexity index is 4310. The molecule has 12 rings (SSSR count). The fourth-order valence-corrected chi connectivity index (χ4v) is 14.9. The highest BCUT2D eigenvalue weighted by molar-refractivity contribution is 6.74. The molecule has 24 heteroatoms. The molecule has 22 nitrogen and oxygen atoms in total. The van der Waals surface area contributed by atoms with Crippen LogP contribution < -0.4 is 30.3 Å². The molecule has 10 aromatic rings. The van der Waals surface area contributed by atoms with E-state index in [2.05, 4.69) is 98.3 Å². The Labute approximate surface area is 572 Å². The lowest BCUT2D eigenvalue weighted by molar-refractivity contribution is -0.0826. The summed E-state index contributed by atoms with van der Waals surface area (Å²) in [5.41, 5.74) is 4.11. The van der Waals surface area contributed by atoms with E-state index < -0.39 is 88.0 Å². The van der Waals surface area contributed by atoms with Gasteiger partial charge in [-0.15, -0.1) is 0 Å². The quantitative estimate of drug-likeness (QED) is 0.0363. The van der Waals surface area contributed by atoms with Crippen molar-refractivity contribution < 1.29 is 57.0 Å². The summed E-state index contributed by atoms with van der Waals surface area (Å²) in [6.45, 7) is 21.5. The molecule has 4 N–H and O–H groups in total. The highest BCUT2D eigenvalue weighted by Gasteiger charge is 2.54.